The highest BCUT2D eigenvalue weighted by atomic mass is 35.5. The molecule has 3 aromatic rings. The molecule has 0 aliphatic heterocycles. The SMILES string of the molecule is CC(Oc1ccc(Cl)cc1Cl)C(=O)NN=Cc1ccccc1OCc1ccccc1. The maximum absolute atomic E-state index is 12.3. The van der Waals surface area contributed by atoms with Gasteiger partial charge in [-0.2, -0.15) is 5.10 Å². The summed E-state index contributed by atoms with van der Waals surface area (Å²) in [6.45, 7) is 2.04. The molecule has 0 aliphatic rings. The molecule has 1 amide bonds. The monoisotopic (exact) mass is 442 g/mol. The molecule has 0 saturated heterocycles. The molecule has 0 aromatic heterocycles. The van der Waals surface area contributed by atoms with Crippen molar-refractivity contribution in [3.05, 3.63) is 94.0 Å². The average Bonchev–Trinajstić information content (AvgIpc) is 2.75. The molecule has 1 atom stereocenters. The van der Waals surface area contributed by atoms with Crippen molar-refractivity contribution < 1.29 is 14.3 Å². The Balaban J connectivity index is 1.57. The number of hydrogen-bond acceptors (Lipinski definition) is 4. The normalized spacial score (nSPS) is 11.8. The second-order valence-corrected chi connectivity index (χ2v) is 7.22. The molecule has 3 aromatic carbocycles. The molecular weight excluding hydrogens is 423 g/mol. The number of rotatable bonds is 8. The van der Waals surface area contributed by atoms with E-state index in [1.54, 1.807) is 25.1 Å². The number of ether oxygens (including phenoxy) is 2. The highest BCUT2D eigenvalue weighted by molar-refractivity contribution is 6.35. The second-order valence-electron chi connectivity index (χ2n) is 6.38. The molecule has 0 radical (unpaired) electrons. The van der Waals surface area contributed by atoms with Crippen LogP contribution in [0.4, 0.5) is 0 Å². The van der Waals surface area contributed by atoms with Crippen molar-refractivity contribution in [3.63, 3.8) is 0 Å². The summed E-state index contributed by atoms with van der Waals surface area (Å²) in [4.78, 5) is 12.3. The summed E-state index contributed by atoms with van der Waals surface area (Å²) >= 11 is 11.9. The van der Waals surface area contributed by atoms with E-state index in [1.165, 1.54) is 6.21 Å². The number of hydrogen-bond donors (Lipinski definition) is 1. The number of carbonyl (C=O) groups excluding carboxylic acids is 1. The Bertz CT molecular complexity index is 1030. The van der Waals surface area contributed by atoms with E-state index >= 15 is 0 Å². The van der Waals surface area contributed by atoms with Crippen molar-refractivity contribution in [1.29, 1.82) is 0 Å². The third kappa shape index (κ3) is 6.24. The van der Waals surface area contributed by atoms with Gasteiger partial charge in [0.15, 0.2) is 6.10 Å². The number of benzene rings is 3. The molecule has 0 saturated carbocycles. The lowest BCUT2D eigenvalue weighted by molar-refractivity contribution is -0.127. The lowest BCUT2D eigenvalue weighted by atomic mass is 10.2. The Morgan fingerprint density at radius 2 is 1.77 bits per heavy atom. The van der Waals surface area contributed by atoms with Crippen molar-refractivity contribution in [3.8, 4) is 11.5 Å². The quantitative estimate of drug-likeness (QED) is 0.370. The second kappa shape index (κ2) is 10.7. The number of nitrogens with one attached hydrogen (secondary N) is 1. The minimum Gasteiger partial charge on any atom is -0.488 e. The van der Waals surface area contributed by atoms with Crippen molar-refractivity contribution >= 4 is 35.3 Å². The summed E-state index contributed by atoms with van der Waals surface area (Å²) in [5.74, 6) is 0.615. The zero-order valence-electron chi connectivity index (χ0n) is 16.2. The van der Waals surface area contributed by atoms with Gasteiger partial charge in [0.25, 0.3) is 5.91 Å². The summed E-state index contributed by atoms with van der Waals surface area (Å²) in [6.07, 6.45) is 0.727. The first-order valence-electron chi connectivity index (χ1n) is 9.23. The first-order valence-corrected chi connectivity index (χ1v) is 9.99. The maximum atomic E-state index is 12.3. The van der Waals surface area contributed by atoms with Gasteiger partial charge in [0.2, 0.25) is 0 Å². The summed E-state index contributed by atoms with van der Waals surface area (Å²) < 4.78 is 11.5. The van der Waals surface area contributed by atoms with Gasteiger partial charge in [-0.1, -0.05) is 65.7 Å². The van der Waals surface area contributed by atoms with E-state index in [9.17, 15) is 4.79 Å². The topological polar surface area (TPSA) is 59.9 Å². The number of para-hydroxylation sites is 1. The van der Waals surface area contributed by atoms with Gasteiger partial charge in [0.05, 0.1) is 11.2 Å². The molecular formula is C23H20Cl2N2O3. The van der Waals surface area contributed by atoms with Crippen LogP contribution in [0.1, 0.15) is 18.1 Å². The van der Waals surface area contributed by atoms with Gasteiger partial charge >= 0.3 is 0 Å². The van der Waals surface area contributed by atoms with Crippen LogP contribution in [0.2, 0.25) is 10.0 Å². The van der Waals surface area contributed by atoms with Crippen LogP contribution in [-0.4, -0.2) is 18.2 Å². The highest BCUT2D eigenvalue weighted by Crippen LogP contribution is 2.28. The van der Waals surface area contributed by atoms with Crippen LogP contribution in [0.25, 0.3) is 0 Å². The summed E-state index contributed by atoms with van der Waals surface area (Å²) in [6, 6.07) is 22.1. The third-order valence-electron chi connectivity index (χ3n) is 4.10. The fourth-order valence-corrected chi connectivity index (χ4v) is 2.98. The summed E-state index contributed by atoms with van der Waals surface area (Å²) in [5.41, 5.74) is 4.26. The van der Waals surface area contributed by atoms with Crippen molar-refractivity contribution in [1.82, 2.24) is 5.43 Å². The van der Waals surface area contributed by atoms with E-state index in [4.69, 9.17) is 32.7 Å². The Morgan fingerprint density at radius 3 is 2.53 bits per heavy atom. The van der Waals surface area contributed by atoms with Gasteiger partial charge in [-0.25, -0.2) is 5.43 Å². The molecule has 7 heteroatoms. The zero-order valence-corrected chi connectivity index (χ0v) is 17.7. The lowest BCUT2D eigenvalue weighted by Gasteiger charge is -2.14. The van der Waals surface area contributed by atoms with E-state index in [-0.39, 0.29) is 0 Å². The van der Waals surface area contributed by atoms with Gasteiger partial charge in [-0.15, -0.1) is 0 Å². The minimum atomic E-state index is -0.801. The van der Waals surface area contributed by atoms with Crippen LogP contribution in [0.3, 0.4) is 0 Å². The molecule has 30 heavy (non-hydrogen) atoms. The minimum absolute atomic E-state index is 0.329. The summed E-state index contributed by atoms with van der Waals surface area (Å²) in [5, 5.41) is 4.83. The van der Waals surface area contributed by atoms with Crippen molar-refractivity contribution in [2.75, 3.05) is 0 Å². The molecule has 3 rings (SSSR count). The van der Waals surface area contributed by atoms with Gasteiger partial charge in [0, 0.05) is 10.6 Å². The molecule has 1 unspecified atom stereocenters. The van der Waals surface area contributed by atoms with E-state index in [0.29, 0.717) is 28.2 Å². The maximum Gasteiger partial charge on any atom is 0.280 e. The molecule has 0 fully saturated rings. The standard InChI is InChI=1S/C23H20Cl2N2O3/c1-16(30-22-12-11-19(24)13-20(22)25)23(28)27-26-14-18-9-5-6-10-21(18)29-15-17-7-3-2-4-8-17/h2-14,16H,15H2,1H3,(H,27,28). The molecule has 1 N–H and O–H groups in total. The number of nitrogens with zero attached hydrogens (tertiary/aromatic N) is 1. The zero-order chi connectivity index (χ0) is 21.3. The number of halogens is 2. The van der Waals surface area contributed by atoms with E-state index in [0.717, 1.165) is 11.1 Å². The Kier molecular flexibility index (Phi) is 7.71. The molecule has 0 bridgehead atoms. The number of hydrazone groups is 1. The van der Waals surface area contributed by atoms with Gasteiger partial charge in [-0.05, 0) is 42.8 Å². The fraction of sp³-hybridized carbons (Fsp3) is 0.130. The smallest absolute Gasteiger partial charge is 0.280 e. The van der Waals surface area contributed by atoms with Crippen LogP contribution in [0.5, 0.6) is 11.5 Å². The summed E-state index contributed by atoms with van der Waals surface area (Å²) in [7, 11) is 0. The Labute approximate surface area is 185 Å². The largest absolute Gasteiger partial charge is 0.488 e. The van der Waals surface area contributed by atoms with E-state index in [1.807, 2.05) is 54.6 Å². The van der Waals surface area contributed by atoms with Crippen molar-refractivity contribution in [2.24, 2.45) is 5.10 Å². The lowest BCUT2D eigenvalue weighted by Crippen LogP contribution is -2.33. The predicted octanol–water partition coefficient (Wildman–Crippen LogP) is 5.49. The van der Waals surface area contributed by atoms with Gasteiger partial charge in [0.1, 0.15) is 18.1 Å². The van der Waals surface area contributed by atoms with Gasteiger partial charge in [-0.3, -0.25) is 4.79 Å². The average molecular weight is 443 g/mol. The molecule has 0 heterocycles. The van der Waals surface area contributed by atoms with Crippen LogP contribution in [0, 0.1) is 0 Å². The van der Waals surface area contributed by atoms with Crippen LogP contribution in [-0.2, 0) is 11.4 Å². The molecule has 0 spiro atoms. The van der Waals surface area contributed by atoms with Crippen LogP contribution >= 0.6 is 23.2 Å². The Hall–Kier alpha value is -3.02. The predicted molar refractivity (Wildman–Crippen MR) is 120 cm³/mol. The van der Waals surface area contributed by atoms with Gasteiger partial charge < -0.3 is 9.47 Å². The van der Waals surface area contributed by atoms with Crippen molar-refractivity contribution in [2.45, 2.75) is 19.6 Å². The number of carbonyl (C=O) groups is 1. The highest BCUT2D eigenvalue weighted by Gasteiger charge is 2.15. The number of amides is 1. The third-order valence-corrected chi connectivity index (χ3v) is 4.63. The molecule has 5 nitrogen and oxygen atoms in total. The fourth-order valence-electron chi connectivity index (χ4n) is 2.53. The van der Waals surface area contributed by atoms with E-state index < -0.39 is 12.0 Å². The molecule has 0 aliphatic carbocycles. The van der Waals surface area contributed by atoms with E-state index in [2.05, 4.69) is 10.5 Å². The molecule has 154 valence electrons. The first-order chi connectivity index (χ1) is 14.5. The first kappa shape index (κ1) is 21.7. The Morgan fingerprint density at radius 1 is 1.03 bits per heavy atom. The van der Waals surface area contributed by atoms with Crippen LogP contribution in [0.15, 0.2) is 77.9 Å². The van der Waals surface area contributed by atoms with Crippen LogP contribution < -0.4 is 14.9 Å².